The predicted molar refractivity (Wildman–Crippen MR) is 75.8 cm³/mol. The molecule has 0 aliphatic heterocycles. The summed E-state index contributed by atoms with van der Waals surface area (Å²) >= 11 is 5.95. The second-order valence-corrected chi connectivity index (χ2v) is 5.62. The van der Waals surface area contributed by atoms with E-state index in [1.165, 1.54) is 12.1 Å². The van der Waals surface area contributed by atoms with Crippen LogP contribution in [0.1, 0.15) is 31.1 Å². The van der Waals surface area contributed by atoms with Gasteiger partial charge < -0.3 is 5.11 Å². The molecule has 0 radical (unpaired) electrons. The molecule has 0 bridgehead atoms. The molecule has 2 aromatic carbocycles. The van der Waals surface area contributed by atoms with Crippen LogP contribution in [-0.4, -0.2) is 5.11 Å². The van der Waals surface area contributed by atoms with E-state index in [4.69, 9.17) is 11.6 Å². The monoisotopic (exact) mass is 278 g/mol. The largest absolute Gasteiger partial charge is 0.388 e. The van der Waals surface area contributed by atoms with Gasteiger partial charge >= 0.3 is 0 Å². The van der Waals surface area contributed by atoms with Crippen LogP contribution in [0.3, 0.4) is 0 Å². The first kappa shape index (κ1) is 14.0. The molecule has 1 N–H and O–H groups in total. The zero-order valence-electron chi connectivity index (χ0n) is 10.9. The van der Waals surface area contributed by atoms with Gasteiger partial charge in [-0.2, -0.15) is 0 Å². The molecule has 2 aromatic rings. The Morgan fingerprint density at radius 2 is 1.74 bits per heavy atom. The van der Waals surface area contributed by atoms with Crippen LogP contribution in [0, 0.1) is 5.82 Å². The quantitative estimate of drug-likeness (QED) is 0.877. The summed E-state index contributed by atoms with van der Waals surface area (Å²) in [5.41, 5.74) is 1.10. The standard InChI is InChI=1S/C16H16ClFO/c1-16(2,12-6-8-14(18)9-7-12)15(19)11-4-3-5-13(17)10-11/h3-10,15,19H,1-2H3. The summed E-state index contributed by atoms with van der Waals surface area (Å²) in [5.74, 6) is -0.281. The van der Waals surface area contributed by atoms with Crippen LogP contribution >= 0.6 is 11.6 Å². The van der Waals surface area contributed by atoms with E-state index in [-0.39, 0.29) is 5.82 Å². The van der Waals surface area contributed by atoms with Crippen molar-refractivity contribution in [2.45, 2.75) is 25.4 Å². The maximum atomic E-state index is 13.0. The third kappa shape index (κ3) is 2.96. The Kier molecular flexibility index (Phi) is 3.93. The molecule has 0 aromatic heterocycles. The number of hydrogen-bond acceptors (Lipinski definition) is 1. The summed E-state index contributed by atoms with van der Waals surface area (Å²) in [7, 11) is 0. The average Bonchev–Trinajstić information content (AvgIpc) is 2.38. The second kappa shape index (κ2) is 5.32. The van der Waals surface area contributed by atoms with E-state index >= 15 is 0 Å². The molecule has 0 saturated heterocycles. The minimum atomic E-state index is -0.711. The number of hydrogen-bond donors (Lipinski definition) is 1. The number of halogens is 2. The molecule has 0 aliphatic carbocycles. The summed E-state index contributed by atoms with van der Waals surface area (Å²) in [6.45, 7) is 3.84. The van der Waals surface area contributed by atoms with E-state index in [0.29, 0.717) is 5.02 Å². The Labute approximate surface area is 117 Å². The van der Waals surface area contributed by atoms with E-state index in [1.54, 1.807) is 24.3 Å². The van der Waals surface area contributed by atoms with Crippen molar-refractivity contribution in [2.24, 2.45) is 0 Å². The first-order valence-electron chi connectivity index (χ1n) is 6.11. The zero-order chi connectivity index (χ0) is 14.0. The summed E-state index contributed by atoms with van der Waals surface area (Å²) in [5, 5.41) is 11.1. The molecule has 1 unspecified atom stereocenters. The van der Waals surface area contributed by atoms with Crippen molar-refractivity contribution in [3.8, 4) is 0 Å². The number of rotatable bonds is 3. The molecule has 1 nitrogen and oxygen atoms in total. The van der Waals surface area contributed by atoms with Gasteiger partial charge in [0, 0.05) is 10.4 Å². The second-order valence-electron chi connectivity index (χ2n) is 5.19. The molecule has 2 rings (SSSR count). The van der Waals surface area contributed by atoms with Crippen molar-refractivity contribution in [3.05, 3.63) is 70.5 Å². The molecule has 1 atom stereocenters. The van der Waals surface area contributed by atoms with Crippen LogP contribution in [0.2, 0.25) is 5.02 Å². The molecule has 19 heavy (non-hydrogen) atoms. The van der Waals surface area contributed by atoms with Crippen LogP contribution in [-0.2, 0) is 5.41 Å². The van der Waals surface area contributed by atoms with Crippen molar-refractivity contribution >= 4 is 11.6 Å². The lowest BCUT2D eigenvalue weighted by Gasteiger charge is -2.31. The summed E-state index contributed by atoms with van der Waals surface area (Å²) in [6, 6.07) is 13.4. The van der Waals surface area contributed by atoms with Gasteiger partial charge in [-0.3, -0.25) is 0 Å². The van der Waals surface area contributed by atoms with Gasteiger partial charge in [-0.1, -0.05) is 49.7 Å². The lowest BCUT2D eigenvalue weighted by Crippen LogP contribution is -2.26. The summed E-state index contributed by atoms with van der Waals surface area (Å²) < 4.78 is 13.0. The van der Waals surface area contributed by atoms with Gasteiger partial charge in [-0.25, -0.2) is 4.39 Å². The summed E-state index contributed by atoms with van der Waals surface area (Å²) in [4.78, 5) is 0. The SMILES string of the molecule is CC(C)(c1ccc(F)cc1)C(O)c1cccc(Cl)c1. The van der Waals surface area contributed by atoms with Gasteiger partial charge in [0.15, 0.2) is 0 Å². The fraction of sp³-hybridized carbons (Fsp3) is 0.250. The molecule has 0 fully saturated rings. The van der Waals surface area contributed by atoms with E-state index < -0.39 is 11.5 Å². The molecular weight excluding hydrogens is 263 g/mol. The third-order valence-electron chi connectivity index (χ3n) is 3.44. The fourth-order valence-corrected chi connectivity index (χ4v) is 2.33. The predicted octanol–water partition coefficient (Wildman–Crippen LogP) is 4.49. The highest BCUT2D eigenvalue weighted by Crippen LogP contribution is 2.37. The average molecular weight is 279 g/mol. The van der Waals surface area contributed by atoms with Crippen molar-refractivity contribution in [1.82, 2.24) is 0 Å². The van der Waals surface area contributed by atoms with Gasteiger partial charge in [-0.05, 0) is 35.4 Å². The van der Waals surface area contributed by atoms with Crippen molar-refractivity contribution in [3.63, 3.8) is 0 Å². The first-order valence-corrected chi connectivity index (χ1v) is 6.48. The van der Waals surface area contributed by atoms with Crippen molar-refractivity contribution in [1.29, 1.82) is 0 Å². The number of aliphatic hydroxyl groups is 1. The smallest absolute Gasteiger partial charge is 0.123 e. The van der Waals surface area contributed by atoms with Gasteiger partial charge in [0.05, 0.1) is 6.10 Å². The Bertz CT molecular complexity index is 563. The Balaban J connectivity index is 2.35. The van der Waals surface area contributed by atoms with E-state index in [0.717, 1.165) is 11.1 Å². The lowest BCUT2D eigenvalue weighted by atomic mass is 9.77. The minimum absolute atomic E-state index is 0.281. The molecule has 0 saturated carbocycles. The maximum Gasteiger partial charge on any atom is 0.123 e. The fourth-order valence-electron chi connectivity index (χ4n) is 2.13. The number of benzene rings is 2. The van der Waals surface area contributed by atoms with Gasteiger partial charge in [0.25, 0.3) is 0 Å². The van der Waals surface area contributed by atoms with E-state index in [1.807, 2.05) is 26.0 Å². The van der Waals surface area contributed by atoms with Gasteiger partial charge in [0.1, 0.15) is 5.82 Å². The van der Waals surface area contributed by atoms with Crippen LogP contribution < -0.4 is 0 Å². The Hall–Kier alpha value is -1.38. The molecule has 0 heterocycles. The summed E-state index contributed by atoms with van der Waals surface area (Å²) in [6.07, 6.45) is -0.711. The van der Waals surface area contributed by atoms with Crippen molar-refractivity contribution < 1.29 is 9.50 Å². The first-order chi connectivity index (χ1) is 8.91. The van der Waals surface area contributed by atoms with Crippen molar-refractivity contribution in [2.75, 3.05) is 0 Å². The Morgan fingerprint density at radius 3 is 2.32 bits per heavy atom. The Morgan fingerprint density at radius 1 is 1.11 bits per heavy atom. The number of aliphatic hydroxyl groups excluding tert-OH is 1. The highest BCUT2D eigenvalue weighted by Gasteiger charge is 2.31. The topological polar surface area (TPSA) is 20.2 Å². The molecule has 100 valence electrons. The van der Waals surface area contributed by atoms with E-state index in [9.17, 15) is 9.50 Å². The van der Waals surface area contributed by atoms with E-state index in [2.05, 4.69) is 0 Å². The lowest BCUT2D eigenvalue weighted by molar-refractivity contribution is 0.100. The molecule has 3 heteroatoms. The highest BCUT2D eigenvalue weighted by atomic mass is 35.5. The highest BCUT2D eigenvalue weighted by molar-refractivity contribution is 6.30. The molecule has 0 amide bonds. The van der Waals surface area contributed by atoms with Crippen LogP contribution in [0.5, 0.6) is 0 Å². The van der Waals surface area contributed by atoms with Gasteiger partial charge in [-0.15, -0.1) is 0 Å². The molecular formula is C16H16ClFO. The molecule has 0 aliphatic rings. The minimum Gasteiger partial charge on any atom is -0.388 e. The molecule has 0 spiro atoms. The zero-order valence-corrected chi connectivity index (χ0v) is 11.7. The van der Waals surface area contributed by atoms with Gasteiger partial charge in [0.2, 0.25) is 0 Å². The maximum absolute atomic E-state index is 13.0. The van der Waals surface area contributed by atoms with Crippen LogP contribution in [0.25, 0.3) is 0 Å². The van der Waals surface area contributed by atoms with Crippen LogP contribution in [0.15, 0.2) is 48.5 Å². The normalized spacial score (nSPS) is 13.3. The van der Waals surface area contributed by atoms with Crippen LogP contribution in [0.4, 0.5) is 4.39 Å². The third-order valence-corrected chi connectivity index (χ3v) is 3.67.